The zero-order valence-electron chi connectivity index (χ0n) is 12.4. The Bertz CT molecular complexity index is 400. The molecular formula is C14H24N4O. The Hall–Kier alpha value is -1.62. The Balaban J connectivity index is 2.70. The lowest BCUT2D eigenvalue weighted by molar-refractivity contribution is 0.0916. The summed E-state index contributed by atoms with van der Waals surface area (Å²) in [6.45, 7) is 5.04. The third-order valence-electron chi connectivity index (χ3n) is 2.96. The Labute approximate surface area is 115 Å². The van der Waals surface area contributed by atoms with Crippen LogP contribution in [0, 0.1) is 5.92 Å². The lowest BCUT2D eigenvalue weighted by atomic mass is 10.0. The van der Waals surface area contributed by atoms with Crippen molar-refractivity contribution in [2.24, 2.45) is 5.92 Å². The van der Waals surface area contributed by atoms with E-state index in [0.29, 0.717) is 11.5 Å². The SMILES string of the molecule is CNc1ccc(C(=O)NC(CN(C)C)C(C)C)cn1. The number of anilines is 1. The van der Waals surface area contributed by atoms with E-state index in [1.807, 2.05) is 14.1 Å². The highest BCUT2D eigenvalue weighted by Crippen LogP contribution is 2.07. The summed E-state index contributed by atoms with van der Waals surface area (Å²) in [7, 11) is 5.81. The van der Waals surface area contributed by atoms with Crippen LogP contribution in [0.3, 0.4) is 0 Å². The zero-order chi connectivity index (χ0) is 14.4. The lowest BCUT2D eigenvalue weighted by Gasteiger charge is -2.25. The van der Waals surface area contributed by atoms with E-state index >= 15 is 0 Å². The van der Waals surface area contributed by atoms with Crippen LogP contribution in [0.15, 0.2) is 18.3 Å². The van der Waals surface area contributed by atoms with Crippen LogP contribution in [0.25, 0.3) is 0 Å². The molecule has 0 saturated heterocycles. The Morgan fingerprint density at radius 3 is 2.47 bits per heavy atom. The summed E-state index contributed by atoms with van der Waals surface area (Å²) >= 11 is 0. The number of amides is 1. The van der Waals surface area contributed by atoms with E-state index < -0.39 is 0 Å². The predicted molar refractivity (Wildman–Crippen MR) is 78.4 cm³/mol. The largest absolute Gasteiger partial charge is 0.373 e. The van der Waals surface area contributed by atoms with Gasteiger partial charge in [0.25, 0.3) is 5.91 Å². The van der Waals surface area contributed by atoms with Gasteiger partial charge in [-0.25, -0.2) is 4.98 Å². The third-order valence-corrected chi connectivity index (χ3v) is 2.96. The molecule has 1 heterocycles. The maximum absolute atomic E-state index is 12.2. The van der Waals surface area contributed by atoms with Gasteiger partial charge in [-0.05, 0) is 32.1 Å². The number of rotatable bonds is 6. The molecule has 1 aromatic rings. The van der Waals surface area contributed by atoms with E-state index in [2.05, 4.69) is 34.4 Å². The highest BCUT2D eigenvalue weighted by Gasteiger charge is 2.18. The van der Waals surface area contributed by atoms with E-state index in [4.69, 9.17) is 0 Å². The van der Waals surface area contributed by atoms with Gasteiger partial charge in [-0.15, -0.1) is 0 Å². The fourth-order valence-corrected chi connectivity index (χ4v) is 1.74. The molecule has 5 nitrogen and oxygen atoms in total. The molecule has 0 spiro atoms. The Morgan fingerprint density at radius 1 is 1.37 bits per heavy atom. The minimum Gasteiger partial charge on any atom is -0.373 e. The molecule has 0 radical (unpaired) electrons. The highest BCUT2D eigenvalue weighted by atomic mass is 16.1. The molecule has 1 unspecified atom stereocenters. The van der Waals surface area contributed by atoms with Crippen molar-refractivity contribution in [2.45, 2.75) is 19.9 Å². The highest BCUT2D eigenvalue weighted by molar-refractivity contribution is 5.94. The first-order valence-corrected chi connectivity index (χ1v) is 6.53. The molecule has 0 aliphatic rings. The molecule has 0 saturated carbocycles. The van der Waals surface area contributed by atoms with Crippen molar-refractivity contribution in [3.8, 4) is 0 Å². The van der Waals surface area contributed by atoms with Crippen LogP contribution in [0.5, 0.6) is 0 Å². The average Bonchev–Trinajstić information content (AvgIpc) is 2.37. The molecule has 0 aliphatic carbocycles. The quantitative estimate of drug-likeness (QED) is 0.816. The van der Waals surface area contributed by atoms with Crippen molar-refractivity contribution in [1.82, 2.24) is 15.2 Å². The maximum atomic E-state index is 12.2. The van der Waals surface area contributed by atoms with Crippen LogP contribution < -0.4 is 10.6 Å². The van der Waals surface area contributed by atoms with Gasteiger partial charge in [0, 0.05) is 25.8 Å². The molecule has 0 bridgehead atoms. The summed E-state index contributed by atoms with van der Waals surface area (Å²) in [6.07, 6.45) is 1.59. The Morgan fingerprint density at radius 2 is 2.05 bits per heavy atom. The predicted octanol–water partition coefficient (Wildman–Crippen LogP) is 1.44. The number of nitrogens with zero attached hydrogens (tertiary/aromatic N) is 2. The second-order valence-corrected chi connectivity index (χ2v) is 5.27. The molecule has 0 fully saturated rings. The second kappa shape index (κ2) is 7.09. The van der Waals surface area contributed by atoms with Crippen molar-refractivity contribution in [3.05, 3.63) is 23.9 Å². The molecule has 1 rings (SSSR count). The molecule has 1 atom stereocenters. The van der Waals surface area contributed by atoms with Gasteiger partial charge in [0.15, 0.2) is 0 Å². The van der Waals surface area contributed by atoms with Crippen LogP contribution in [-0.2, 0) is 0 Å². The summed E-state index contributed by atoms with van der Waals surface area (Å²) in [5, 5.41) is 5.99. The average molecular weight is 264 g/mol. The molecule has 0 aliphatic heterocycles. The van der Waals surface area contributed by atoms with E-state index in [9.17, 15) is 4.79 Å². The molecule has 106 valence electrons. The number of likely N-dealkylation sites (N-methyl/N-ethyl adjacent to an activating group) is 1. The van der Waals surface area contributed by atoms with Crippen molar-refractivity contribution < 1.29 is 4.79 Å². The number of carbonyl (C=O) groups excluding carboxylic acids is 1. The van der Waals surface area contributed by atoms with Crippen molar-refractivity contribution in [2.75, 3.05) is 33.0 Å². The van der Waals surface area contributed by atoms with Gasteiger partial charge in [-0.1, -0.05) is 13.8 Å². The number of aromatic nitrogens is 1. The number of hydrogen-bond acceptors (Lipinski definition) is 4. The monoisotopic (exact) mass is 264 g/mol. The topological polar surface area (TPSA) is 57.3 Å². The molecule has 2 N–H and O–H groups in total. The van der Waals surface area contributed by atoms with Crippen LogP contribution in [0.2, 0.25) is 0 Å². The first-order valence-electron chi connectivity index (χ1n) is 6.53. The normalized spacial score (nSPS) is 12.6. The van der Waals surface area contributed by atoms with Gasteiger partial charge in [0.05, 0.1) is 5.56 Å². The number of carbonyl (C=O) groups is 1. The number of pyridine rings is 1. The minimum absolute atomic E-state index is 0.0734. The number of hydrogen-bond donors (Lipinski definition) is 2. The molecule has 1 amide bonds. The lowest BCUT2D eigenvalue weighted by Crippen LogP contribution is -2.45. The first kappa shape index (κ1) is 15.4. The van der Waals surface area contributed by atoms with Crippen LogP contribution in [0.4, 0.5) is 5.82 Å². The summed E-state index contributed by atoms with van der Waals surface area (Å²) in [5.74, 6) is 1.07. The van der Waals surface area contributed by atoms with Gasteiger partial charge in [0.2, 0.25) is 0 Å². The van der Waals surface area contributed by atoms with Crippen LogP contribution in [-0.4, -0.2) is 49.5 Å². The molecular weight excluding hydrogens is 240 g/mol. The summed E-state index contributed by atoms with van der Waals surface area (Å²) < 4.78 is 0. The number of nitrogens with one attached hydrogen (secondary N) is 2. The summed E-state index contributed by atoms with van der Waals surface area (Å²) in [6, 6.07) is 3.71. The van der Waals surface area contributed by atoms with E-state index in [1.165, 1.54) is 0 Å². The van der Waals surface area contributed by atoms with Gasteiger partial charge in [-0.2, -0.15) is 0 Å². The second-order valence-electron chi connectivity index (χ2n) is 5.27. The van der Waals surface area contributed by atoms with E-state index in [-0.39, 0.29) is 11.9 Å². The smallest absolute Gasteiger partial charge is 0.253 e. The van der Waals surface area contributed by atoms with Crippen molar-refractivity contribution in [1.29, 1.82) is 0 Å². The Kier molecular flexibility index (Phi) is 5.76. The van der Waals surface area contributed by atoms with Gasteiger partial charge < -0.3 is 15.5 Å². The van der Waals surface area contributed by atoms with Crippen molar-refractivity contribution in [3.63, 3.8) is 0 Å². The summed E-state index contributed by atoms with van der Waals surface area (Å²) in [5.41, 5.74) is 0.586. The van der Waals surface area contributed by atoms with Crippen molar-refractivity contribution >= 4 is 11.7 Å². The summed E-state index contributed by atoms with van der Waals surface area (Å²) in [4.78, 5) is 18.4. The molecule has 19 heavy (non-hydrogen) atoms. The van der Waals surface area contributed by atoms with Gasteiger partial charge in [-0.3, -0.25) is 4.79 Å². The zero-order valence-corrected chi connectivity index (χ0v) is 12.4. The molecule has 1 aromatic heterocycles. The standard InChI is InChI=1S/C14H24N4O/c1-10(2)12(9-18(4)5)17-14(19)11-6-7-13(15-3)16-8-11/h6-8,10,12H,9H2,1-5H3,(H,15,16)(H,17,19). The maximum Gasteiger partial charge on any atom is 0.253 e. The van der Waals surface area contributed by atoms with Crippen LogP contribution >= 0.6 is 0 Å². The van der Waals surface area contributed by atoms with Gasteiger partial charge >= 0.3 is 0 Å². The van der Waals surface area contributed by atoms with E-state index in [1.54, 1.807) is 25.4 Å². The third kappa shape index (κ3) is 4.87. The van der Waals surface area contributed by atoms with Gasteiger partial charge in [0.1, 0.15) is 5.82 Å². The fourth-order valence-electron chi connectivity index (χ4n) is 1.74. The molecule has 0 aromatic carbocycles. The fraction of sp³-hybridized carbons (Fsp3) is 0.571. The first-order chi connectivity index (χ1) is 8.93. The minimum atomic E-state index is -0.0734. The molecule has 5 heteroatoms. The van der Waals surface area contributed by atoms with E-state index in [0.717, 1.165) is 12.4 Å². The van der Waals surface area contributed by atoms with Crippen LogP contribution in [0.1, 0.15) is 24.2 Å².